The summed E-state index contributed by atoms with van der Waals surface area (Å²) >= 11 is 3.90. The van der Waals surface area contributed by atoms with Crippen molar-refractivity contribution in [2.45, 2.75) is 6.16 Å². The first-order valence-electron chi connectivity index (χ1n) is 9.64. The first-order valence-corrected chi connectivity index (χ1v) is 13.8. The van der Waals surface area contributed by atoms with Crippen molar-refractivity contribution >= 4 is 21.5 Å². The monoisotopic (exact) mass is 480 g/mol. The predicted molar refractivity (Wildman–Crippen MR) is 127 cm³/mol. The summed E-state index contributed by atoms with van der Waals surface area (Å²) in [6.45, 7) is 0. The number of benzene rings is 4. The molecule has 4 aromatic carbocycles. The van der Waals surface area contributed by atoms with E-state index in [-0.39, 0.29) is 0 Å². The second kappa shape index (κ2) is 8.91. The van der Waals surface area contributed by atoms with E-state index in [2.05, 4.69) is 15.5 Å². The molecule has 0 saturated heterocycles. The maximum atomic E-state index is 6.60. The van der Waals surface area contributed by atoms with Gasteiger partial charge in [0.15, 0.2) is 0 Å². The molecule has 0 bridgehead atoms. The first-order chi connectivity index (χ1) is 14.6. The Morgan fingerprint density at radius 1 is 0.467 bits per heavy atom. The molecule has 0 unspecified atom stereocenters. The van der Waals surface area contributed by atoms with Gasteiger partial charge in [-0.3, -0.25) is 0 Å². The van der Waals surface area contributed by atoms with Crippen LogP contribution in [0.2, 0.25) is 0 Å². The zero-order valence-electron chi connectivity index (χ0n) is 16.3. The molecule has 0 aromatic heterocycles. The van der Waals surface area contributed by atoms with E-state index in [1.54, 1.807) is 0 Å². The third kappa shape index (κ3) is 5.21. The molecule has 0 heterocycles. The molecule has 0 aliphatic carbocycles. The van der Waals surface area contributed by atoms with Crippen LogP contribution in [0.15, 0.2) is 121 Å². The van der Waals surface area contributed by atoms with Gasteiger partial charge in [-0.2, -0.15) is 0 Å². The Morgan fingerprint density at radius 3 is 1.10 bits per heavy atom. The van der Waals surface area contributed by atoms with E-state index < -0.39 is 5.99 Å². The van der Waals surface area contributed by atoms with Gasteiger partial charge in [-0.05, 0) is 0 Å². The van der Waals surface area contributed by atoms with Crippen LogP contribution in [-0.2, 0) is 6.16 Å². The predicted octanol–water partition coefficient (Wildman–Crippen LogP) is 8.03. The van der Waals surface area contributed by atoms with Gasteiger partial charge < -0.3 is 0 Å². The fourth-order valence-electron chi connectivity index (χ4n) is 3.07. The summed E-state index contributed by atoms with van der Waals surface area (Å²) in [4.78, 5) is 0. The van der Waals surface area contributed by atoms with E-state index in [9.17, 15) is 0 Å². The molecular weight excluding hydrogens is 459 g/mol. The molecule has 0 aliphatic rings. The molecule has 4 aromatic rings. The summed E-state index contributed by atoms with van der Waals surface area (Å²) in [5, 5.41) is 0. The third-order valence-electron chi connectivity index (χ3n) is 4.35. The second-order valence-electron chi connectivity index (χ2n) is 6.79. The molecule has 0 saturated carbocycles. The minimum atomic E-state index is -3.95. The SMILES string of the molecule is BrP(Cc1ccccc1)(Oc1ccccc1)(Oc1ccccc1)Oc1ccccc1. The normalized spacial score (nSPS) is 12.4. The average Bonchev–Trinajstić information content (AvgIpc) is 2.76. The van der Waals surface area contributed by atoms with Crippen molar-refractivity contribution in [3.8, 4) is 17.2 Å². The van der Waals surface area contributed by atoms with Crippen LogP contribution in [0.5, 0.6) is 17.2 Å². The summed E-state index contributed by atoms with van der Waals surface area (Å²) in [5.41, 5.74) is 1.04. The Labute approximate surface area is 185 Å². The molecule has 5 heteroatoms. The van der Waals surface area contributed by atoms with E-state index in [0.717, 1.165) is 5.56 Å². The Hall–Kier alpha value is -2.81. The number of hydrogen-bond donors (Lipinski definition) is 0. The van der Waals surface area contributed by atoms with Crippen LogP contribution in [0.4, 0.5) is 0 Å². The van der Waals surface area contributed by atoms with Gasteiger partial charge >= 0.3 is 185 Å². The van der Waals surface area contributed by atoms with Gasteiger partial charge in [0.05, 0.1) is 0 Å². The zero-order chi connectivity index (χ0) is 20.7. The zero-order valence-corrected chi connectivity index (χ0v) is 18.8. The topological polar surface area (TPSA) is 27.7 Å². The molecule has 3 nitrogen and oxygen atoms in total. The molecule has 0 fully saturated rings. The van der Waals surface area contributed by atoms with Crippen LogP contribution < -0.4 is 13.6 Å². The van der Waals surface area contributed by atoms with Crippen molar-refractivity contribution in [2.75, 3.05) is 0 Å². The van der Waals surface area contributed by atoms with Gasteiger partial charge in [0.25, 0.3) is 0 Å². The molecule has 152 valence electrons. The van der Waals surface area contributed by atoms with Crippen molar-refractivity contribution in [3.05, 3.63) is 127 Å². The van der Waals surface area contributed by atoms with Crippen molar-refractivity contribution in [2.24, 2.45) is 0 Å². The fraction of sp³-hybridized carbons (Fsp3) is 0.0400. The van der Waals surface area contributed by atoms with E-state index in [1.165, 1.54) is 0 Å². The molecule has 0 amide bonds. The Kier molecular flexibility index (Phi) is 6.08. The fourth-order valence-corrected chi connectivity index (χ4v) is 8.12. The van der Waals surface area contributed by atoms with Crippen molar-refractivity contribution in [3.63, 3.8) is 0 Å². The quantitative estimate of drug-likeness (QED) is 0.239. The number of para-hydroxylation sites is 3. The maximum absolute atomic E-state index is 6.60. The van der Waals surface area contributed by atoms with Gasteiger partial charge in [0, 0.05) is 0 Å². The molecule has 0 N–H and O–H groups in total. The summed E-state index contributed by atoms with van der Waals surface area (Å²) in [7, 11) is 0. The van der Waals surface area contributed by atoms with Gasteiger partial charge in [-0.15, -0.1) is 0 Å². The van der Waals surface area contributed by atoms with E-state index >= 15 is 0 Å². The van der Waals surface area contributed by atoms with Gasteiger partial charge in [0.1, 0.15) is 0 Å². The molecule has 0 atom stereocenters. The Bertz CT molecular complexity index is 883. The standard InChI is InChI=1S/C25H22BrO3P/c26-30(21-22-13-5-1-6-14-22,27-23-15-7-2-8-16-23,28-24-17-9-3-10-18-24)29-25-19-11-4-12-20-25/h1-20H,21H2. The van der Waals surface area contributed by atoms with Crippen molar-refractivity contribution in [1.29, 1.82) is 0 Å². The van der Waals surface area contributed by atoms with Crippen molar-refractivity contribution in [1.82, 2.24) is 0 Å². The molecule has 0 radical (unpaired) electrons. The molecule has 4 rings (SSSR count). The summed E-state index contributed by atoms with van der Waals surface area (Å²) in [5.74, 6) is -1.97. The van der Waals surface area contributed by atoms with Crippen LogP contribution >= 0.6 is 21.5 Å². The van der Waals surface area contributed by atoms with Gasteiger partial charge in [-0.1, -0.05) is 0 Å². The van der Waals surface area contributed by atoms with Crippen LogP contribution in [0, 0.1) is 0 Å². The summed E-state index contributed by atoms with van der Waals surface area (Å²) < 4.78 is 19.8. The van der Waals surface area contributed by atoms with Gasteiger partial charge in [0.2, 0.25) is 0 Å². The van der Waals surface area contributed by atoms with Crippen LogP contribution in [0.1, 0.15) is 5.56 Å². The number of halogens is 1. The van der Waals surface area contributed by atoms with Gasteiger partial charge in [-0.25, -0.2) is 0 Å². The number of rotatable bonds is 8. The van der Waals surface area contributed by atoms with E-state index in [1.807, 2.05) is 121 Å². The van der Waals surface area contributed by atoms with Crippen LogP contribution in [-0.4, -0.2) is 0 Å². The first kappa shape index (κ1) is 20.5. The van der Waals surface area contributed by atoms with Crippen molar-refractivity contribution < 1.29 is 13.6 Å². The molecule has 0 spiro atoms. The van der Waals surface area contributed by atoms with E-state index in [4.69, 9.17) is 13.6 Å². The summed E-state index contributed by atoms with van der Waals surface area (Å²) in [6, 6.07) is 38.9. The Morgan fingerprint density at radius 2 is 0.767 bits per heavy atom. The molecular formula is C25H22BrO3P. The van der Waals surface area contributed by atoms with E-state index in [0.29, 0.717) is 23.4 Å². The summed E-state index contributed by atoms with van der Waals surface area (Å²) in [6.07, 6.45) is 0.408. The third-order valence-corrected chi connectivity index (χ3v) is 8.95. The average molecular weight is 481 g/mol. The second-order valence-corrected chi connectivity index (χ2v) is 13.6. The molecule has 30 heavy (non-hydrogen) atoms. The van der Waals surface area contributed by atoms with Crippen LogP contribution in [0.3, 0.4) is 0 Å². The molecule has 0 aliphatic heterocycles. The van der Waals surface area contributed by atoms with Crippen LogP contribution in [0.25, 0.3) is 0 Å². The number of hydrogen-bond acceptors (Lipinski definition) is 3. The minimum absolute atomic E-state index is 0.408. The Balaban J connectivity index is 1.83.